The number of rotatable bonds is 0. The predicted octanol–water partition coefficient (Wildman–Crippen LogP) is 2.23. The van der Waals surface area contributed by atoms with Crippen molar-refractivity contribution in [3.05, 3.63) is 47.6 Å². The summed E-state index contributed by atoms with van der Waals surface area (Å²) in [5.74, 6) is 5.09. The molecule has 56 valence electrons. The third kappa shape index (κ3) is 2.04. The second-order valence-corrected chi connectivity index (χ2v) is 2.25. The van der Waals surface area contributed by atoms with Gasteiger partial charge < -0.3 is 0 Å². The molecule has 0 heteroatoms. The summed E-state index contributed by atoms with van der Waals surface area (Å²) in [6, 6.07) is 0. The first-order valence-corrected chi connectivity index (χ1v) is 3.57. The summed E-state index contributed by atoms with van der Waals surface area (Å²) in [6.07, 6.45) is 21.6. The summed E-state index contributed by atoms with van der Waals surface area (Å²) < 4.78 is 0. The molecule has 1 aliphatic rings. The number of hydrogen-bond donors (Lipinski definition) is 0. The van der Waals surface area contributed by atoms with E-state index in [2.05, 4.69) is 11.8 Å². The van der Waals surface area contributed by atoms with E-state index in [1.807, 2.05) is 36.5 Å². The Balaban J connectivity index is 2.98. The quantitative estimate of drug-likeness (QED) is 0.467. The Morgan fingerprint density at radius 1 is 0.833 bits per heavy atom. The summed E-state index contributed by atoms with van der Waals surface area (Å²) in [5, 5.41) is 0. The molecule has 0 spiro atoms. The molecule has 0 aromatic carbocycles. The molecule has 0 bridgehead atoms. The molecule has 0 radical (unpaired) electrons. The predicted molar refractivity (Wildman–Crippen MR) is 52.1 cm³/mol. The van der Waals surface area contributed by atoms with Crippen LogP contribution in [0.1, 0.15) is 0 Å². The molecule has 0 atom stereocenters. The lowest BCUT2D eigenvalue weighted by Gasteiger charge is -1.92. The molecule has 0 saturated carbocycles. The Labute approximate surface area is 73.0 Å². The van der Waals surface area contributed by atoms with Crippen molar-refractivity contribution in [2.24, 2.45) is 0 Å². The minimum atomic E-state index is 0.826. The maximum absolute atomic E-state index is 5.24. The minimum absolute atomic E-state index is 0.826. The van der Waals surface area contributed by atoms with Crippen LogP contribution < -0.4 is 0 Å². The third-order valence-electron chi connectivity index (χ3n) is 1.44. The van der Waals surface area contributed by atoms with Crippen molar-refractivity contribution < 1.29 is 0 Å². The van der Waals surface area contributed by atoms with Crippen molar-refractivity contribution >= 4 is 0 Å². The Bertz CT molecular complexity index is 324. The minimum Gasteiger partial charge on any atom is -0.115 e. The Morgan fingerprint density at radius 2 is 1.25 bits per heavy atom. The van der Waals surface area contributed by atoms with Crippen LogP contribution in [-0.2, 0) is 0 Å². The van der Waals surface area contributed by atoms with E-state index >= 15 is 0 Å². The first-order chi connectivity index (χ1) is 5.86. The highest BCUT2D eigenvalue weighted by Crippen LogP contribution is 2.04. The molecule has 1 aliphatic carbocycles. The van der Waals surface area contributed by atoms with Gasteiger partial charge in [0.1, 0.15) is 0 Å². The molecule has 0 aromatic heterocycles. The van der Waals surface area contributed by atoms with Gasteiger partial charge in [-0.2, -0.15) is 0 Å². The molecular weight excluding hydrogens is 144 g/mol. The third-order valence-corrected chi connectivity index (χ3v) is 1.44. The van der Waals surface area contributed by atoms with Gasteiger partial charge in [-0.15, -0.1) is 12.8 Å². The van der Waals surface area contributed by atoms with Gasteiger partial charge in [0.15, 0.2) is 0 Å². The van der Waals surface area contributed by atoms with Gasteiger partial charge in [0, 0.05) is 11.1 Å². The molecule has 0 aliphatic heterocycles. The van der Waals surface area contributed by atoms with Gasteiger partial charge in [-0.1, -0.05) is 24.0 Å². The fourth-order valence-electron chi connectivity index (χ4n) is 0.802. The fraction of sp³-hybridized carbons (Fsp3) is 0. The van der Waals surface area contributed by atoms with E-state index in [-0.39, 0.29) is 0 Å². The van der Waals surface area contributed by atoms with Crippen molar-refractivity contribution in [2.45, 2.75) is 0 Å². The van der Waals surface area contributed by atoms with Crippen LogP contribution >= 0.6 is 0 Å². The molecule has 1 rings (SSSR count). The normalized spacial score (nSPS) is 28.8. The van der Waals surface area contributed by atoms with Crippen LogP contribution in [0.15, 0.2) is 47.6 Å². The molecule has 0 N–H and O–H groups in total. The van der Waals surface area contributed by atoms with Gasteiger partial charge >= 0.3 is 0 Å². The lowest BCUT2D eigenvalue weighted by Crippen LogP contribution is -1.76. The van der Waals surface area contributed by atoms with E-state index in [0.29, 0.717) is 0 Å². The van der Waals surface area contributed by atoms with Gasteiger partial charge in [0.05, 0.1) is 0 Å². The molecule has 0 fully saturated rings. The lowest BCUT2D eigenvalue weighted by atomic mass is 10.1. The maximum Gasteiger partial charge on any atom is 0.0243 e. The van der Waals surface area contributed by atoms with Crippen LogP contribution in [0.2, 0.25) is 0 Å². The zero-order valence-corrected chi connectivity index (χ0v) is 6.62. The molecule has 0 heterocycles. The lowest BCUT2D eigenvalue weighted by molar-refractivity contribution is 1.66. The van der Waals surface area contributed by atoms with Gasteiger partial charge in [-0.05, 0) is 24.3 Å². The Kier molecular flexibility index (Phi) is 2.77. The topological polar surface area (TPSA) is 0 Å². The average Bonchev–Trinajstić information content (AvgIpc) is 2.05. The molecule has 0 unspecified atom stereocenters. The zero-order chi connectivity index (χ0) is 8.81. The smallest absolute Gasteiger partial charge is 0.0243 e. The standard InChI is InChI=1S/C12H8/c1-3-11-7-5-6-8-12(4-2)10-9-11/h1-2,5-10H/b6-5-,7-5?,8-6?,10-9-,11-7-,11-9?,12-8-,12-10?. The summed E-state index contributed by atoms with van der Waals surface area (Å²) in [5.41, 5.74) is 1.65. The van der Waals surface area contributed by atoms with E-state index < -0.39 is 0 Å². The average molecular weight is 152 g/mol. The number of hydrogen-bond acceptors (Lipinski definition) is 0. The van der Waals surface area contributed by atoms with Crippen LogP contribution in [-0.4, -0.2) is 0 Å². The molecule has 0 nitrogen and oxygen atoms in total. The molecular formula is C12H8. The van der Waals surface area contributed by atoms with E-state index in [1.165, 1.54) is 0 Å². The Hall–Kier alpha value is -1.92. The van der Waals surface area contributed by atoms with Crippen molar-refractivity contribution in [1.29, 1.82) is 0 Å². The summed E-state index contributed by atoms with van der Waals surface area (Å²) in [4.78, 5) is 0. The largest absolute Gasteiger partial charge is 0.115 e. The van der Waals surface area contributed by atoms with Gasteiger partial charge in [-0.3, -0.25) is 0 Å². The number of terminal acetylenes is 2. The summed E-state index contributed by atoms with van der Waals surface area (Å²) >= 11 is 0. The monoisotopic (exact) mass is 152 g/mol. The number of allylic oxidation sites excluding steroid dienone is 8. The molecule has 0 aromatic rings. The van der Waals surface area contributed by atoms with E-state index in [9.17, 15) is 0 Å². The van der Waals surface area contributed by atoms with Crippen LogP contribution in [0, 0.1) is 24.7 Å². The van der Waals surface area contributed by atoms with E-state index in [1.54, 1.807) is 0 Å². The van der Waals surface area contributed by atoms with Gasteiger partial charge in [-0.25, -0.2) is 0 Å². The van der Waals surface area contributed by atoms with Gasteiger partial charge in [0.25, 0.3) is 0 Å². The van der Waals surface area contributed by atoms with E-state index in [0.717, 1.165) is 11.1 Å². The fourth-order valence-corrected chi connectivity index (χ4v) is 0.802. The second-order valence-electron chi connectivity index (χ2n) is 2.25. The second kappa shape index (κ2) is 4.06. The molecule has 0 saturated heterocycles. The first-order valence-electron chi connectivity index (χ1n) is 3.57. The van der Waals surface area contributed by atoms with Crippen LogP contribution in [0.25, 0.3) is 0 Å². The SMILES string of the molecule is C#CC1=C/C=C\C=C(C#C)/C=C\1. The van der Waals surface area contributed by atoms with Crippen LogP contribution in [0.3, 0.4) is 0 Å². The van der Waals surface area contributed by atoms with E-state index in [4.69, 9.17) is 12.8 Å². The van der Waals surface area contributed by atoms with Crippen molar-refractivity contribution in [1.82, 2.24) is 0 Å². The summed E-state index contributed by atoms with van der Waals surface area (Å²) in [7, 11) is 0. The summed E-state index contributed by atoms with van der Waals surface area (Å²) in [6.45, 7) is 0. The van der Waals surface area contributed by atoms with Crippen molar-refractivity contribution in [3.63, 3.8) is 0 Å². The molecule has 0 amide bonds. The maximum atomic E-state index is 5.24. The van der Waals surface area contributed by atoms with Crippen LogP contribution in [0.4, 0.5) is 0 Å². The van der Waals surface area contributed by atoms with Gasteiger partial charge in [0.2, 0.25) is 0 Å². The highest BCUT2D eigenvalue weighted by atomic mass is 13.9. The van der Waals surface area contributed by atoms with Crippen LogP contribution in [0.5, 0.6) is 0 Å². The first kappa shape index (κ1) is 8.18. The van der Waals surface area contributed by atoms with Crippen molar-refractivity contribution in [3.8, 4) is 24.7 Å². The van der Waals surface area contributed by atoms with Crippen molar-refractivity contribution in [2.75, 3.05) is 0 Å². The molecule has 12 heavy (non-hydrogen) atoms. The zero-order valence-electron chi connectivity index (χ0n) is 6.62. The highest BCUT2D eigenvalue weighted by Gasteiger charge is 1.88. The highest BCUT2D eigenvalue weighted by molar-refractivity contribution is 5.48. The Morgan fingerprint density at radius 3 is 1.58 bits per heavy atom.